The summed E-state index contributed by atoms with van der Waals surface area (Å²) in [5, 5.41) is 5.96. The zero-order valence-corrected chi connectivity index (χ0v) is 21.9. The second kappa shape index (κ2) is 9.95. The van der Waals surface area contributed by atoms with E-state index in [1.54, 1.807) is 6.92 Å². The predicted octanol–water partition coefficient (Wildman–Crippen LogP) is 5.13. The summed E-state index contributed by atoms with van der Waals surface area (Å²) in [4.78, 5) is 30.8. The van der Waals surface area contributed by atoms with Crippen LogP contribution in [0.15, 0.2) is 77.3 Å². The van der Waals surface area contributed by atoms with Crippen LogP contribution < -0.4 is 15.4 Å². The maximum atomic E-state index is 13.7. The molecule has 5 rings (SSSR count). The number of carbonyl (C=O) groups excluding carboxylic acids is 2. The Labute approximate surface area is 219 Å². The number of fused-ring (bicyclic) bond motifs is 1. The third-order valence-electron chi connectivity index (χ3n) is 7.03. The van der Waals surface area contributed by atoms with Gasteiger partial charge in [0.2, 0.25) is 0 Å². The average Bonchev–Trinajstić information content (AvgIpc) is 2.87. The highest BCUT2D eigenvalue weighted by Gasteiger charge is 2.59. The number of nitrogens with one attached hydrogen (secondary N) is 2. The van der Waals surface area contributed by atoms with Crippen molar-refractivity contribution in [1.29, 1.82) is 0 Å². The topological polar surface area (TPSA) is 73.9 Å². The SMILES string of the molecule is CN1CCc2cc(NC(=O)[C@@]3(C)[C@@H](Oc4ccccc4)CN3C(=O)Nc3ccc(Br)cc3)ccc2C1. The van der Waals surface area contributed by atoms with Crippen LogP contribution in [0.1, 0.15) is 18.1 Å². The van der Waals surface area contributed by atoms with E-state index < -0.39 is 11.6 Å². The highest BCUT2D eigenvalue weighted by atomic mass is 79.9. The number of amides is 3. The summed E-state index contributed by atoms with van der Waals surface area (Å²) >= 11 is 3.40. The minimum atomic E-state index is -1.20. The minimum absolute atomic E-state index is 0.284. The molecule has 3 aromatic rings. The van der Waals surface area contributed by atoms with E-state index in [4.69, 9.17) is 4.74 Å². The first-order valence-corrected chi connectivity index (χ1v) is 12.8. The fourth-order valence-corrected chi connectivity index (χ4v) is 4.99. The van der Waals surface area contributed by atoms with E-state index in [0.717, 1.165) is 29.7 Å². The van der Waals surface area contributed by atoms with Crippen molar-refractivity contribution in [3.05, 3.63) is 88.4 Å². The van der Waals surface area contributed by atoms with Gasteiger partial charge in [0.1, 0.15) is 11.9 Å². The normalized spacial score (nSPS) is 21.2. The van der Waals surface area contributed by atoms with E-state index in [2.05, 4.69) is 44.6 Å². The smallest absolute Gasteiger partial charge is 0.322 e. The van der Waals surface area contributed by atoms with E-state index in [1.807, 2.05) is 66.7 Å². The van der Waals surface area contributed by atoms with Crippen LogP contribution in [0.3, 0.4) is 0 Å². The van der Waals surface area contributed by atoms with Gasteiger partial charge >= 0.3 is 6.03 Å². The van der Waals surface area contributed by atoms with Gasteiger partial charge < -0.3 is 25.2 Å². The Bertz CT molecular complexity index is 1270. The lowest BCUT2D eigenvalue weighted by Crippen LogP contribution is -2.77. The molecule has 0 bridgehead atoms. The first-order chi connectivity index (χ1) is 17.3. The number of carbonyl (C=O) groups is 2. The molecule has 36 heavy (non-hydrogen) atoms. The summed E-state index contributed by atoms with van der Waals surface area (Å²) in [6.45, 7) is 3.93. The Morgan fingerprint density at radius 3 is 2.44 bits per heavy atom. The number of nitrogens with zero attached hydrogens (tertiary/aromatic N) is 2. The summed E-state index contributed by atoms with van der Waals surface area (Å²) in [5.41, 5.74) is 2.69. The summed E-state index contributed by atoms with van der Waals surface area (Å²) in [6, 6.07) is 22.4. The van der Waals surface area contributed by atoms with Gasteiger partial charge in [-0.3, -0.25) is 4.79 Å². The van der Waals surface area contributed by atoms with Crippen LogP contribution in [0.25, 0.3) is 0 Å². The summed E-state index contributed by atoms with van der Waals surface area (Å²) in [5.74, 6) is 0.376. The Hall–Kier alpha value is -3.36. The van der Waals surface area contributed by atoms with Crippen molar-refractivity contribution in [2.24, 2.45) is 0 Å². The van der Waals surface area contributed by atoms with E-state index >= 15 is 0 Å². The fraction of sp³-hybridized carbons (Fsp3) is 0.286. The molecule has 7 nitrogen and oxygen atoms in total. The molecule has 0 spiro atoms. The lowest BCUT2D eigenvalue weighted by Gasteiger charge is -2.54. The van der Waals surface area contributed by atoms with E-state index in [9.17, 15) is 9.59 Å². The summed E-state index contributed by atoms with van der Waals surface area (Å²) < 4.78 is 7.10. The quantitative estimate of drug-likeness (QED) is 0.463. The van der Waals surface area contributed by atoms with Crippen molar-refractivity contribution in [2.45, 2.75) is 31.5 Å². The molecule has 2 aliphatic heterocycles. The van der Waals surface area contributed by atoms with Gasteiger partial charge in [-0.05, 0) is 80.1 Å². The number of halogens is 1. The lowest BCUT2D eigenvalue weighted by atomic mass is 9.82. The maximum absolute atomic E-state index is 13.7. The molecular weight excluding hydrogens is 520 g/mol. The highest BCUT2D eigenvalue weighted by Crippen LogP contribution is 2.36. The molecule has 3 amide bonds. The van der Waals surface area contributed by atoms with Crippen LogP contribution in [-0.4, -0.2) is 53.5 Å². The second-order valence-electron chi connectivity index (χ2n) is 9.54. The Balaban J connectivity index is 1.37. The minimum Gasteiger partial charge on any atom is -0.486 e. The molecule has 0 saturated carbocycles. The van der Waals surface area contributed by atoms with Gasteiger partial charge in [0.15, 0.2) is 5.54 Å². The lowest BCUT2D eigenvalue weighted by molar-refractivity contribution is -0.145. The molecule has 1 saturated heterocycles. The predicted molar refractivity (Wildman–Crippen MR) is 144 cm³/mol. The number of hydrogen-bond acceptors (Lipinski definition) is 4. The molecule has 0 aromatic heterocycles. The number of anilines is 2. The van der Waals surface area contributed by atoms with Crippen molar-refractivity contribution in [3.8, 4) is 5.75 Å². The average molecular weight is 549 g/mol. The van der Waals surface area contributed by atoms with Crippen LogP contribution in [-0.2, 0) is 17.8 Å². The zero-order chi connectivity index (χ0) is 25.3. The van der Waals surface area contributed by atoms with Crippen LogP contribution in [0.2, 0.25) is 0 Å². The monoisotopic (exact) mass is 548 g/mol. The first kappa shape index (κ1) is 24.3. The number of likely N-dealkylation sites (N-methyl/N-ethyl adjacent to an activating group) is 1. The van der Waals surface area contributed by atoms with Gasteiger partial charge in [-0.1, -0.05) is 40.2 Å². The third kappa shape index (κ3) is 4.83. The molecule has 2 N–H and O–H groups in total. The van der Waals surface area contributed by atoms with Gasteiger partial charge in [-0.25, -0.2) is 4.79 Å². The fourth-order valence-electron chi connectivity index (χ4n) is 4.73. The molecule has 2 aliphatic rings. The van der Waals surface area contributed by atoms with Crippen molar-refractivity contribution in [3.63, 3.8) is 0 Å². The van der Waals surface area contributed by atoms with Gasteiger partial charge in [0.05, 0.1) is 6.54 Å². The number of para-hydroxylation sites is 1. The molecular formula is C28H29BrN4O3. The van der Waals surface area contributed by atoms with Gasteiger partial charge in [0.25, 0.3) is 5.91 Å². The summed E-state index contributed by atoms with van der Waals surface area (Å²) in [6.07, 6.45) is 0.440. The third-order valence-corrected chi connectivity index (χ3v) is 7.55. The molecule has 3 aromatic carbocycles. The summed E-state index contributed by atoms with van der Waals surface area (Å²) in [7, 11) is 2.11. The Morgan fingerprint density at radius 2 is 1.69 bits per heavy atom. The molecule has 186 valence electrons. The standard InChI is InChI=1S/C28H29BrN4O3/c1-28(26(34)30-23-11-8-20-17-32(2)15-14-19(20)16-23)25(36-24-6-4-3-5-7-24)18-33(28)27(35)31-22-12-9-21(29)10-13-22/h3-13,16,25H,14-15,17-18H2,1-2H3,(H,30,34)(H,31,35)/t25-,28+/m0/s1. The van der Waals surface area contributed by atoms with Crippen LogP contribution in [0.5, 0.6) is 5.75 Å². The van der Waals surface area contributed by atoms with Crippen LogP contribution >= 0.6 is 15.9 Å². The largest absolute Gasteiger partial charge is 0.486 e. The van der Waals surface area contributed by atoms with Crippen LogP contribution in [0, 0.1) is 0 Å². The number of ether oxygens (including phenoxy) is 1. The zero-order valence-electron chi connectivity index (χ0n) is 20.3. The van der Waals surface area contributed by atoms with Gasteiger partial charge in [0, 0.05) is 28.9 Å². The molecule has 0 radical (unpaired) electrons. The van der Waals surface area contributed by atoms with E-state index in [-0.39, 0.29) is 18.5 Å². The Morgan fingerprint density at radius 1 is 0.972 bits per heavy atom. The van der Waals surface area contributed by atoms with Gasteiger partial charge in [-0.15, -0.1) is 0 Å². The van der Waals surface area contributed by atoms with Crippen molar-refractivity contribution in [1.82, 2.24) is 9.80 Å². The van der Waals surface area contributed by atoms with Crippen LogP contribution in [0.4, 0.5) is 16.2 Å². The molecule has 8 heteroatoms. The van der Waals surface area contributed by atoms with Crippen molar-refractivity contribution in [2.75, 3.05) is 30.8 Å². The molecule has 0 unspecified atom stereocenters. The molecule has 0 aliphatic carbocycles. The van der Waals surface area contributed by atoms with Crippen molar-refractivity contribution >= 4 is 39.2 Å². The maximum Gasteiger partial charge on any atom is 0.322 e. The Kier molecular flexibility index (Phi) is 6.73. The number of likely N-dealkylation sites (tertiary alicyclic amines) is 1. The molecule has 1 fully saturated rings. The number of rotatable bonds is 5. The number of urea groups is 1. The highest BCUT2D eigenvalue weighted by molar-refractivity contribution is 9.10. The number of benzene rings is 3. The molecule has 2 heterocycles. The van der Waals surface area contributed by atoms with E-state index in [1.165, 1.54) is 16.0 Å². The second-order valence-corrected chi connectivity index (χ2v) is 10.5. The molecule has 2 atom stereocenters. The first-order valence-electron chi connectivity index (χ1n) is 12.0. The van der Waals surface area contributed by atoms with Crippen molar-refractivity contribution < 1.29 is 14.3 Å². The number of hydrogen-bond donors (Lipinski definition) is 2. The van der Waals surface area contributed by atoms with E-state index in [0.29, 0.717) is 11.4 Å². The van der Waals surface area contributed by atoms with Gasteiger partial charge in [-0.2, -0.15) is 0 Å².